The van der Waals surface area contributed by atoms with Crippen molar-refractivity contribution in [2.45, 2.75) is 19.9 Å². The third-order valence-corrected chi connectivity index (χ3v) is 6.45. The Labute approximate surface area is 189 Å². The minimum Gasteiger partial charge on any atom is -0.507 e. The molecule has 0 saturated carbocycles. The number of aliphatic hydroxyl groups excluding tert-OH is 1. The molecule has 2 aromatic carbocycles. The van der Waals surface area contributed by atoms with Gasteiger partial charge in [-0.3, -0.25) is 14.5 Å². The monoisotopic (exact) mass is 453 g/mol. The van der Waals surface area contributed by atoms with E-state index in [1.54, 1.807) is 12.1 Å². The molecule has 3 aromatic rings. The molecule has 1 aromatic heterocycles. The van der Waals surface area contributed by atoms with E-state index in [1.807, 2.05) is 49.6 Å². The fraction of sp³-hybridized carbons (Fsp3) is 0.167. The highest BCUT2D eigenvalue weighted by molar-refractivity contribution is 7.10. The van der Waals surface area contributed by atoms with Crippen LogP contribution in [0.15, 0.2) is 59.5 Å². The third-order valence-electron chi connectivity index (χ3n) is 5.29. The second-order valence-electron chi connectivity index (χ2n) is 7.32. The number of nitrogens with zero attached hydrogens (tertiary/aromatic N) is 1. The molecule has 1 aliphatic rings. The van der Waals surface area contributed by atoms with Crippen molar-refractivity contribution >= 4 is 46.1 Å². The highest BCUT2D eigenvalue weighted by atomic mass is 35.5. The summed E-state index contributed by atoms with van der Waals surface area (Å²) in [6.07, 6.45) is 0. The number of ether oxygens (including phenoxy) is 1. The molecule has 0 radical (unpaired) electrons. The zero-order valence-electron chi connectivity index (χ0n) is 17.2. The van der Waals surface area contributed by atoms with Gasteiger partial charge in [-0.05, 0) is 55.1 Å². The van der Waals surface area contributed by atoms with Crippen LogP contribution in [0, 0.1) is 13.8 Å². The van der Waals surface area contributed by atoms with Gasteiger partial charge in [-0.2, -0.15) is 0 Å². The van der Waals surface area contributed by atoms with E-state index < -0.39 is 17.7 Å². The molecule has 0 bridgehead atoms. The topological polar surface area (TPSA) is 66.8 Å². The van der Waals surface area contributed by atoms with Crippen molar-refractivity contribution in [2.24, 2.45) is 0 Å². The number of aryl methyl sites for hydroxylation is 2. The minimum absolute atomic E-state index is 0.00740. The number of amides is 1. The summed E-state index contributed by atoms with van der Waals surface area (Å²) < 4.78 is 5.35. The lowest BCUT2D eigenvalue weighted by molar-refractivity contribution is -0.132. The van der Waals surface area contributed by atoms with Crippen LogP contribution in [0.5, 0.6) is 5.75 Å². The number of benzene rings is 2. The first-order valence-electron chi connectivity index (χ1n) is 9.59. The van der Waals surface area contributed by atoms with E-state index in [-0.39, 0.29) is 16.9 Å². The van der Waals surface area contributed by atoms with Crippen LogP contribution in [-0.2, 0) is 9.59 Å². The maximum Gasteiger partial charge on any atom is 0.300 e. The Morgan fingerprint density at radius 3 is 2.55 bits per heavy atom. The van der Waals surface area contributed by atoms with Crippen molar-refractivity contribution < 1.29 is 19.4 Å². The van der Waals surface area contributed by atoms with Gasteiger partial charge in [-0.25, -0.2) is 0 Å². The third kappa shape index (κ3) is 3.62. The van der Waals surface area contributed by atoms with Gasteiger partial charge < -0.3 is 9.84 Å². The van der Waals surface area contributed by atoms with Crippen LogP contribution < -0.4 is 9.64 Å². The molecule has 1 unspecified atom stereocenters. The summed E-state index contributed by atoms with van der Waals surface area (Å²) in [6.45, 7) is 3.86. The first-order valence-corrected chi connectivity index (χ1v) is 10.8. The Balaban J connectivity index is 1.98. The van der Waals surface area contributed by atoms with E-state index >= 15 is 0 Å². The lowest BCUT2D eigenvalue weighted by Crippen LogP contribution is -2.29. The van der Waals surface area contributed by atoms with Crippen LogP contribution >= 0.6 is 22.9 Å². The van der Waals surface area contributed by atoms with Gasteiger partial charge in [0, 0.05) is 15.6 Å². The summed E-state index contributed by atoms with van der Waals surface area (Å²) in [7, 11) is 1.46. The van der Waals surface area contributed by atoms with E-state index in [4.69, 9.17) is 16.3 Å². The number of hydrogen-bond donors (Lipinski definition) is 1. The molecule has 1 saturated heterocycles. The molecule has 2 heterocycles. The van der Waals surface area contributed by atoms with E-state index in [9.17, 15) is 14.7 Å². The maximum absolute atomic E-state index is 13.2. The highest BCUT2D eigenvalue weighted by Gasteiger charge is 2.48. The first kappa shape index (κ1) is 21.2. The zero-order chi connectivity index (χ0) is 22.3. The Bertz CT molecular complexity index is 1220. The van der Waals surface area contributed by atoms with Gasteiger partial charge in [0.2, 0.25) is 0 Å². The molecule has 1 fully saturated rings. The van der Waals surface area contributed by atoms with Gasteiger partial charge in [-0.15, -0.1) is 11.3 Å². The van der Waals surface area contributed by atoms with Gasteiger partial charge in [0.25, 0.3) is 11.7 Å². The number of methoxy groups -OCH3 is 1. The smallest absolute Gasteiger partial charge is 0.300 e. The highest BCUT2D eigenvalue weighted by Crippen LogP contribution is 2.45. The van der Waals surface area contributed by atoms with Gasteiger partial charge in [0.05, 0.1) is 18.2 Å². The molecule has 4 rings (SSSR count). The van der Waals surface area contributed by atoms with Crippen LogP contribution in [-0.4, -0.2) is 23.9 Å². The SMILES string of the molecule is COc1ccc(Cl)cc1/C(O)=C1/C(=O)C(=O)N(c2ccc(C)cc2C)C1c1cccs1. The molecule has 158 valence electrons. The van der Waals surface area contributed by atoms with Crippen molar-refractivity contribution in [3.63, 3.8) is 0 Å². The maximum atomic E-state index is 13.2. The summed E-state index contributed by atoms with van der Waals surface area (Å²) in [6, 6.07) is 13.4. The molecule has 31 heavy (non-hydrogen) atoms. The van der Waals surface area contributed by atoms with Crippen LogP contribution in [0.2, 0.25) is 5.02 Å². The predicted octanol–water partition coefficient (Wildman–Crippen LogP) is 5.65. The van der Waals surface area contributed by atoms with Crippen LogP contribution in [0.1, 0.15) is 27.6 Å². The number of anilines is 1. The number of carbonyl (C=O) groups is 2. The van der Waals surface area contributed by atoms with Crippen molar-refractivity contribution in [2.75, 3.05) is 12.0 Å². The molecule has 0 aliphatic carbocycles. The normalized spacial score (nSPS) is 17.9. The molecule has 1 aliphatic heterocycles. The average molecular weight is 454 g/mol. The lowest BCUT2D eigenvalue weighted by atomic mass is 9.99. The van der Waals surface area contributed by atoms with Crippen molar-refractivity contribution in [1.29, 1.82) is 0 Å². The Hall–Kier alpha value is -3.09. The zero-order valence-corrected chi connectivity index (χ0v) is 18.8. The number of halogens is 1. The number of carbonyl (C=O) groups excluding carboxylic acids is 2. The molecular formula is C24H20ClNO4S. The van der Waals surface area contributed by atoms with E-state index in [2.05, 4.69) is 0 Å². The number of rotatable bonds is 4. The Morgan fingerprint density at radius 2 is 1.90 bits per heavy atom. The van der Waals surface area contributed by atoms with E-state index in [1.165, 1.54) is 29.4 Å². The number of ketones is 1. The Kier molecular flexibility index (Phi) is 5.60. The first-order chi connectivity index (χ1) is 14.8. The molecule has 0 spiro atoms. The van der Waals surface area contributed by atoms with E-state index in [0.717, 1.165) is 16.0 Å². The van der Waals surface area contributed by atoms with Gasteiger partial charge in [0.1, 0.15) is 17.6 Å². The largest absolute Gasteiger partial charge is 0.507 e. The average Bonchev–Trinajstić information content (AvgIpc) is 3.35. The molecule has 1 amide bonds. The molecule has 5 nitrogen and oxygen atoms in total. The summed E-state index contributed by atoms with van der Waals surface area (Å²) >= 11 is 7.55. The van der Waals surface area contributed by atoms with Crippen molar-refractivity contribution in [1.82, 2.24) is 0 Å². The quantitative estimate of drug-likeness (QED) is 0.315. The van der Waals surface area contributed by atoms with Gasteiger partial charge in [-0.1, -0.05) is 35.4 Å². The number of Topliss-reactive ketones (excluding diaryl/α,β-unsaturated/α-hetero) is 1. The molecule has 1 N–H and O–H groups in total. The van der Waals surface area contributed by atoms with Crippen molar-refractivity contribution in [3.05, 3.63) is 86.1 Å². The summed E-state index contributed by atoms with van der Waals surface area (Å²) in [5.74, 6) is -1.40. The van der Waals surface area contributed by atoms with Gasteiger partial charge in [0.15, 0.2) is 0 Å². The minimum atomic E-state index is -0.759. The van der Waals surface area contributed by atoms with Gasteiger partial charge >= 0.3 is 0 Å². The second-order valence-corrected chi connectivity index (χ2v) is 8.73. The number of hydrogen-bond acceptors (Lipinski definition) is 5. The summed E-state index contributed by atoms with van der Waals surface area (Å²) in [4.78, 5) is 28.6. The lowest BCUT2D eigenvalue weighted by Gasteiger charge is -2.26. The number of aliphatic hydroxyl groups is 1. The predicted molar refractivity (Wildman–Crippen MR) is 123 cm³/mol. The van der Waals surface area contributed by atoms with E-state index in [0.29, 0.717) is 16.5 Å². The van der Waals surface area contributed by atoms with Crippen LogP contribution in [0.4, 0.5) is 5.69 Å². The van der Waals surface area contributed by atoms with Crippen LogP contribution in [0.3, 0.4) is 0 Å². The van der Waals surface area contributed by atoms with Crippen LogP contribution in [0.25, 0.3) is 5.76 Å². The number of thiophene rings is 1. The Morgan fingerprint density at radius 1 is 1.13 bits per heavy atom. The fourth-order valence-electron chi connectivity index (χ4n) is 3.88. The van der Waals surface area contributed by atoms with Crippen molar-refractivity contribution in [3.8, 4) is 5.75 Å². The fourth-order valence-corrected chi connectivity index (χ4v) is 4.88. The standard InChI is InChI=1S/C24H20ClNO4S/c1-13-6-8-17(14(2)11-13)26-21(19-5-4-10-31-19)20(23(28)24(26)29)22(27)16-12-15(25)7-9-18(16)30-3/h4-12,21,27H,1-3H3/b22-20-. The summed E-state index contributed by atoms with van der Waals surface area (Å²) in [5, 5.41) is 13.5. The summed E-state index contributed by atoms with van der Waals surface area (Å²) in [5.41, 5.74) is 2.81. The second kappa shape index (κ2) is 8.21. The molecular weight excluding hydrogens is 434 g/mol. The molecule has 7 heteroatoms. The molecule has 1 atom stereocenters.